The second-order valence-electron chi connectivity index (χ2n) is 9.35. The normalized spacial score (nSPS) is 40.7. The zero-order valence-electron chi connectivity index (χ0n) is 17.3. The standard InChI is InChI=1S/C22H26O8/c1-11(23)29-15-8-14(19(25)26)21(2)6-4-13-20(27)30-16(12-5-7-28-10-12)9-22(13,3)18(21)17(15)24/h5,7,10,13-16,18H,4,6,8-9H2,1-3H3,(H,25,26)/t13?,14-,15-,16+,18-,21-,22-/m0/s1. The highest BCUT2D eigenvalue weighted by Gasteiger charge is 2.67. The van der Waals surface area contributed by atoms with Crippen molar-refractivity contribution in [3.8, 4) is 0 Å². The highest BCUT2D eigenvalue weighted by molar-refractivity contribution is 5.93. The van der Waals surface area contributed by atoms with Crippen LogP contribution in [0.5, 0.6) is 0 Å². The van der Waals surface area contributed by atoms with E-state index in [0.29, 0.717) is 24.8 Å². The van der Waals surface area contributed by atoms with Crippen molar-refractivity contribution in [2.24, 2.45) is 28.6 Å². The molecule has 1 saturated heterocycles. The number of esters is 2. The maximum absolute atomic E-state index is 13.6. The molecular weight excluding hydrogens is 392 g/mol. The van der Waals surface area contributed by atoms with Crippen molar-refractivity contribution in [3.63, 3.8) is 0 Å². The Kier molecular flexibility index (Phi) is 4.78. The van der Waals surface area contributed by atoms with E-state index in [9.17, 15) is 24.3 Å². The summed E-state index contributed by atoms with van der Waals surface area (Å²) in [5.74, 6) is -4.44. The van der Waals surface area contributed by atoms with Gasteiger partial charge >= 0.3 is 17.9 Å². The molecule has 0 spiro atoms. The molecule has 2 saturated carbocycles. The van der Waals surface area contributed by atoms with Crippen molar-refractivity contribution in [1.82, 2.24) is 0 Å². The van der Waals surface area contributed by atoms with Crippen LogP contribution in [0.4, 0.5) is 0 Å². The van der Waals surface area contributed by atoms with Crippen molar-refractivity contribution in [1.29, 1.82) is 0 Å². The molecule has 1 aliphatic heterocycles. The number of carboxylic acids is 1. The predicted octanol–water partition coefficient (Wildman–Crippen LogP) is 2.91. The predicted molar refractivity (Wildman–Crippen MR) is 101 cm³/mol. The molecule has 1 unspecified atom stereocenters. The molecule has 4 rings (SSSR count). The lowest BCUT2D eigenvalue weighted by molar-refractivity contribution is -0.209. The van der Waals surface area contributed by atoms with Crippen molar-refractivity contribution < 1.29 is 38.2 Å². The number of aliphatic carboxylic acids is 1. The van der Waals surface area contributed by atoms with Gasteiger partial charge in [0.15, 0.2) is 11.9 Å². The molecular formula is C22H26O8. The number of hydrogen-bond donors (Lipinski definition) is 1. The van der Waals surface area contributed by atoms with Crippen LogP contribution >= 0.6 is 0 Å². The van der Waals surface area contributed by atoms with Crippen LogP contribution in [0.3, 0.4) is 0 Å². The van der Waals surface area contributed by atoms with Gasteiger partial charge in [0.05, 0.1) is 24.4 Å². The second-order valence-corrected chi connectivity index (χ2v) is 9.35. The molecule has 1 aromatic heterocycles. The van der Waals surface area contributed by atoms with Crippen LogP contribution in [0.15, 0.2) is 23.0 Å². The zero-order valence-corrected chi connectivity index (χ0v) is 17.3. The van der Waals surface area contributed by atoms with Gasteiger partial charge in [-0.1, -0.05) is 13.8 Å². The van der Waals surface area contributed by atoms with Crippen LogP contribution in [0.1, 0.15) is 58.1 Å². The number of furan rings is 1. The molecule has 162 valence electrons. The monoisotopic (exact) mass is 418 g/mol. The molecule has 1 aromatic rings. The Hall–Kier alpha value is -2.64. The summed E-state index contributed by atoms with van der Waals surface area (Å²) >= 11 is 0. The van der Waals surface area contributed by atoms with Crippen molar-refractivity contribution in [2.45, 2.75) is 58.7 Å². The fraction of sp³-hybridized carbons (Fsp3) is 0.636. The first-order valence-electron chi connectivity index (χ1n) is 10.2. The van der Waals surface area contributed by atoms with Crippen LogP contribution < -0.4 is 0 Å². The quantitative estimate of drug-likeness (QED) is 0.744. The Labute approximate surface area is 173 Å². The molecule has 8 heteroatoms. The molecule has 3 fully saturated rings. The molecule has 30 heavy (non-hydrogen) atoms. The van der Waals surface area contributed by atoms with Gasteiger partial charge in [-0.25, -0.2) is 0 Å². The first-order chi connectivity index (χ1) is 14.1. The fourth-order valence-corrected chi connectivity index (χ4v) is 6.34. The minimum absolute atomic E-state index is 0.0445. The lowest BCUT2D eigenvalue weighted by Crippen LogP contribution is -2.64. The minimum Gasteiger partial charge on any atom is -0.481 e. The summed E-state index contributed by atoms with van der Waals surface area (Å²) in [6.07, 6.45) is 2.49. The maximum atomic E-state index is 13.6. The summed E-state index contributed by atoms with van der Waals surface area (Å²) in [6, 6.07) is 1.72. The van der Waals surface area contributed by atoms with Gasteiger partial charge in [-0.2, -0.15) is 0 Å². The summed E-state index contributed by atoms with van der Waals surface area (Å²) in [7, 11) is 0. The Morgan fingerprint density at radius 1 is 1.23 bits per heavy atom. The molecule has 0 aromatic carbocycles. The number of carbonyl (C=O) groups excluding carboxylic acids is 3. The molecule has 3 aliphatic rings. The highest BCUT2D eigenvalue weighted by Crippen LogP contribution is 2.65. The van der Waals surface area contributed by atoms with E-state index in [0.717, 1.165) is 0 Å². The third-order valence-electron chi connectivity index (χ3n) is 7.62. The number of Topliss-reactive ketones (excluding diaryl/α,β-unsaturated/α-hetero) is 1. The minimum atomic E-state index is -1.12. The lowest BCUT2D eigenvalue weighted by atomic mass is 9.43. The number of carboxylic acid groups (broad SMARTS) is 1. The Balaban J connectivity index is 1.79. The highest BCUT2D eigenvalue weighted by atomic mass is 16.6. The third-order valence-corrected chi connectivity index (χ3v) is 7.62. The number of carbonyl (C=O) groups is 4. The largest absolute Gasteiger partial charge is 0.481 e. The zero-order chi connectivity index (χ0) is 21.8. The molecule has 7 atom stereocenters. The van der Waals surface area contributed by atoms with E-state index in [1.54, 1.807) is 6.07 Å². The molecule has 0 radical (unpaired) electrons. The van der Waals surface area contributed by atoms with E-state index in [1.165, 1.54) is 19.5 Å². The van der Waals surface area contributed by atoms with Crippen LogP contribution in [0.25, 0.3) is 0 Å². The van der Waals surface area contributed by atoms with Gasteiger partial charge in [0.2, 0.25) is 0 Å². The average Bonchev–Trinajstić information content (AvgIpc) is 3.17. The Bertz CT molecular complexity index is 889. The number of ketones is 1. The van der Waals surface area contributed by atoms with Gasteiger partial charge < -0.3 is 19.0 Å². The van der Waals surface area contributed by atoms with Crippen molar-refractivity contribution in [3.05, 3.63) is 24.2 Å². The second kappa shape index (κ2) is 6.96. The molecule has 0 bridgehead atoms. The van der Waals surface area contributed by atoms with Gasteiger partial charge in [-0.3, -0.25) is 19.2 Å². The summed E-state index contributed by atoms with van der Waals surface area (Å²) in [5, 5.41) is 9.96. The maximum Gasteiger partial charge on any atom is 0.310 e. The van der Waals surface area contributed by atoms with Gasteiger partial charge in [0.25, 0.3) is 0 Å². The first kappa shape index (κ1) is 20.6. The van der Waals surface area contributed by atoms with Gasteiger partial charge in [-0.15, -0.1) is 0 Å². The van der Waals surface area contributed by atoms with Crippen LogP contribution in [0.2, 0.25) is 0 Å². The topological polar surface area (TPSA) is 120 Å². The Morgan fingerprint density at radius 2 is 1.97 bits per heavy atom. The molecule has 2 aliphatic carbocycles. The Morgan fingerprint density at radius 3 is 2.57 bits per heavy atom. The summed E-state index contributed by atoms with van der Waals surface area (Å²) in [6.45, 7) is 4.90. The van der Waals surface area contributed by atoms with E-state index in [2.05, 4.69) is 0 Å². The number of ether oxygens (including phenoxy) is 2. The average molecular weight is 418 g/mol. The van der Waals surface area contributed by atoms with Crippen molar-refractivity contribution >= 4 is 23.7 Å². The fourth-order valence-electron chi connectivity index (χ4n) is 6.34. The van der Waals surface area contributed by atoms with E-state index in [4.69, 9.17) is 13.9 Å². The number of fused-ring (bicyclic) bond motifs is 3. The van der Waals surface area contributed by atoms with E-state index >= 15 is 0 Å². The number of cyclic esters (lactones) is 1. The smallest absolute Gasteiger partial charge is 0.310 e. The van der Waals surface area contributed by atoms with Gasteiger partial charge in [0.1, 0.15) is 6.10 Å². The number of hydrogen-bond acceptors (Lipinski definition) is 7. The van der Waals surface area contributed by atoms with E-state index in [-0.39, 0.29) is 18.2 Å². The molecule has 0 amide bonds. The van der Waals surface area contributed by atoms with E-state index < -0.39 is 52.7 Å². The lowest BCUT2D eigenvalue weighted by Gasteiger charge is -2.60. The van der Waals surface area contributed by atoms with Gasteiger partial charge in [0, 0.05) is 24.8 Å². The first-order valence-corrected chi connectivity index (χ1v) is 10.2. The van der Waals surface area contributed by atoms with Crippen molar-refractivity contribution in [2.75, 3.05) is 0 Å². The van der Waals surface area contributed by atoms with E-state index in [1.807, 2.05) is 13.8 Å². The van der Waals surface area contributed by atoms with Gasteiger partial charge in [-0.05, 0) is 36.2 Å². The molecule has 2 heterocycles. The van der Waals surface area contributed by atoms with Crippen LogP contribution in [-0.2, 0) is 28.7 Å². The molecule has 8 nitrogen and oxygen atoms in total. The third kappa shape index (κ3) is 2.96. The summed E-state index contributed by atoms with van der Waals surface area (Å²) in [4.78, 5) is 50.3. The SMILES string of the molecule is CC(=O)O[C@H]1C[C@@H](C(=O)O)[C@]2(C)CCC3C(=O)O[C@@H](c4ccoc4)C[C@]3(C)[C@H]2C1=O. The van der Waals surface area contributed by atoms with Crippen LogP contribution in [0, 0.1) is 28.6 Å². The summed E-state index contributed by atoms with van der Waals surface area (Å²) < 4.78 is 16.0. The van der Waals surface area contributed by atoms with Crippen LogP contribution in [-0.4, -0.2) is 34.9 Å². The molecule has 1 N–H and O–H groups in total. The number of rotatable bonds is 3. The summed E-state index contributed by atoms with van der Waals surface area (Å²) in [5.41, 5.74) is -0.970.